The van der Waals surface area contributed by atoms with Crippen molar-refractivity contribution in [3.8, 4) is 0 Å². The fourth-order valence-electron chi connectivity index (χ4n) is 6.58. The van der Waals surface area contributed by atoms with Crippen LogP contribution in [0.15, 0.2) is 42.1 Å². The number of benzene rings is 2. The Morgan fingerprint density at radius 2 is 1.91 bits per heavy atom. The Morgan fingerprint density at radius 3 is 2.77 bits per heavy atom. The molecule has 184 valence electrons. The highest BCUT2D eigenvalue weighted by molar-refractivity contribution is 5.97. The first-order chi connectivity index (χ1) is 17.0. The van der Waals surface area contributed by atoms with Gasteiger partial charge >= 0.3 is 5.91 Å². The van der Waals surface area contributed by atoms with Gasteiger partial charge in [0, 0.05) is 68.2 Å². The Hall–Kier alpha value is -2.70. The predicted octanol–water partition coefficient (Wildman–Crippen LogP) is 3.59. The Morgan fingerprint density at radius 1 is 1.06 bits per heavy atom. The molecule has 4 aliphatic heterocycles. The van der Waals surface area contributed by atoms with Crippen molar-refractivity contribution in [2.24, 2.45) is 0 Å². The summed E-state index contributed by atoms with van der Waals surface area (Å²) in [7, 11) is 0. The third kappa shape index (κ3) is 4.50. The van der Waals surface area contributed by atoms with E-state index in [4.69, 9.17) is 0 Å². The molecule has 35 heavy (non-hydrogen) atoms. The number of quaternary nitrogens is 1. The number of likely N-dealkylation sites (tertiary alicyclic amines) is 2. The van der Waals surface area contributed by atoms with Crippen LogP contribution >= 0.6 is 0 Å². The minimum atomic E-state index is -0.124. The van der Waals surface area contributed by atoms with Gasteiger partial charge in [-0.1, -0.05) is 6.07 Å². The summed E-state index contributed by atoms with van der Waals surface area (Å²) in [5.41, 5.74) is 6.78. The normalized spacial score (nSPS) is 22.5. The molecule has 6 heteroatoms. The summed E-state index contributed by atoms with van der Waals surface area (Å²) in [6.07, 6.45) is 8.60. The molecule has 0 spiro atoms. The van der Waals surface area contributed by atoms with Gasteiger partial charge in [0.15, 0.2) is 0 Å². The van der Waals surface area contributed by atoms with Crippen LogP contribution in [0, 0.1) is 12.7 Å². The van der Waals surface area contributed by atoms with Gasteiger partial charge in [-0.2, -0.15) is 0 Å². The lowest BCUT2D eigenvalue weighted by Gasteiger charge is -2.38. The monoisotopic (exact) mass is 475 g/mol. The number of piperidine rings is 1. The Bertz CT molecular complexity index is 1150. The van der Waals surface area contributed by atoms with E-state index in [-0.39, 0.29) is 11.7 Å². The highest BCUT2D eigenvalue weighted by Gasteiger charge is 2.35. The maximum atomic E-state index is 13.6. The van der Waals surface area contributed by atoms with Gasteiger partial charge in [0.25, 0.3) is 0 Å². The molecule has 1 unspecified atom stereocenters. The summed E-state index contributed by atoms with van der Waals surface area (Å²) in [6.45, 7) is 7.25. The maximum absolute atomic E-state index is 13.6. The van der Waals surface area contributed by atoms with E-state index in [0.29, 0.717) is 12.1 Å². The number of carbonyl (C=O) groups excluding carboxylic acids is 1. The maximum Gasteiger partial charge on any atom is 0.308 e. The van der Waals surface area contributed by atoms with Crippen molar-refractivity contribution in [2.45, 2.75) is 57.5 Å². The molecule has 6 rings (SSSR count). The fraction of sp³-hybridized carbons (Fsp3) is 0.483. The number of aryl methyl sites for hydroxylation is 1. The first-order valence-corrected chi connectivity index (χ1v) is 13.3. The molecule has 2 aromatic rings. The zero-order valence-electron chi connectivity index (χ0n) is 20.7. The molecule has 0 radical (unpaired) electrons. The second kappa shape index (κ2) is 9.40. The molecular weight excluding hydrogens is 439 g/mol. The van der Waals surface area contributed by atoms with Gasteiger partial charge in [-0.3, -0.25) is 10.1 Å². The molecule has 0 bridgehead atoms. The number of hydrogen-bond acceptors (Lipinski definition) is 3. The van der Waals surface area contributed by atoms with Gasteiger partial charge < -0.3 is 14.7 Å². The average molecular weight is 476 g/mol. The van der Waals surface area contributed by atoms with Crippen molar-refractivity contribution >= 4 is 23.4 Å². The van der Waals surface area contributed by atoms with Crippen LogP contribution < -0.4 is 10.2 Å². The van der Waals surface area contributed by atoms with Gasteiger partial charge in [-0.15, -0.1) is 0 Å². The minimum Gasteiger partial charge on any atom is -0.368 e. The van der Waals surface area contributed by atoms with Crippen LogP contribution in [-0.4, -0.2) is 60.5 Å². The summed E-state index contributed by atoms with van der Waals surface area (Å²) in [4.78, 5) is 20.6. The molecule has 2 aromatic carbocycles. The van der Waals surface area contributed by atoms with Crippen molar-refractivity contribution in [1.82, 2.24) is 9.80 Å². The van der Waals surface area contributed by atoms with E-state index in [9.17, 15) is 9.18 Å². The lowest BCUT2D eigenvalue weighted by molar-refractivity contribution is -0.507. The quantitative estimate of drug-likeness (QED) is 0.673. The summed E-state index contributed by atoms with van der Waals surface area (Å²) in [6, 6.07) is 12.6. The molecule has 2 N–H and O–H groups in total. The van der Waals surface area contributed by atoms with Gasteiger partial charge in [-0.25, -0.2) is 4.39 Å². The number of amides is 1. The molecule has 4 aliphatic rings. The van der Waals surface area contributed by atoms with Crippen LogP contribution in [-0.2, 0) is 11.2 Å². The van der Waals surface area contributed by atoms with Crippen LogP contribution in [0.4, 0.5) is 15.8 Å². The van der Waals surface area contributed by atoms with Gasteiger partial charge in [0.1, 0.15) is 11.5 Å². The molecule has 0 aliphatic carbocycles. The lowest BCUT2D eigenvalue weighted by Crippen LogP contribution is -2.77. The van der Waals surface area contributed by atoms with E-state index >= 15 is 0 Å². The van der Waals surface area contributed by atoms with Crippen molar-refractivity contribution in [2.75, 3.05) is 37.6 Å². The molecule has 1 amide bonds. The number of anilines is 1. The van der Waals surface area contributed by atoms with Crippen molar-refractivity contribution in [3.63, 3.8) is 0 Å². The Balaban J connectivity index is 1.01. The number of halogens is 1. The number of rotatable bonds is 5. The van der Waals surface area contributed by atoms with Crippen LogP contribution in [0.25, 0.3) is 6.08 Å². The zero-order chi connectivity index (χ0) is 23.9. The van der Waals surface area contributed by atoms with Gasteiger partial charge in [0.2, 0.25) is 5.70 Å². The van der Waals surface area contributed by atoms with E-state index in [0.717, 1.165) is 93.8 Å². The first kappa shape index (κ1) is 22.7. The number of carbonyl (C=O) groups is 1. The number of hydrogen-bond donors (Lipinski definition) is 1. The summed E-state index contributed by atoms with van der Waals surface area (Å²) < 4.78 is 13.6. The van der Waals surface area contributed by atoms with E-state index < -0.39 is 0 Å². The Kier molecular flexibility index (Phi) is 6.11. The smallest absolute Gasteiger partial charge is 0.308 e. The number of nitrogens with zero attached hydrogens (tertiary/aromatic N) is 3. The van der Waals surface area contributed by atoms with Crippen LogP contribution in [0.2, 0.25) is 0 Å². The SMILES string of the molecule is Cc1ccc2c(c1)[NH2+]C(C(=O)N1CCCC1CCN1CCC(N3CCc4cc(F)ccc43)CC1)=C2. The third-order valence-electron chi connectivity index (χ3n) is 8.50. The van der Waals surface area contributed by atoms with Gasteiger partial charge in [0.05, 0.1) is 0 Å². The van der Waals surface area contributed by atoms with Crippen LogP contribution in [0.3, 0.4) is 0 Å². The fourth-order valence-corrected chi connectivity index (χ4v) is 6.58. The molecule has 2 fully saturated rings. The molecule has 1 atom stereocenters. The summed E-state index contributed by atoms with van der Waals surface area (Å²) in [5, 5.41) is 2.07. The van der Waals surface area contributed by atoms with Gasteiger partial charge in [-0.05, 0) is 80.8 Å². The largest absolute Gasteiger partial charge is 0.368 e. The molecule has 5 nitrogen and oxygen atoms in total. The predicted molar refractivity (Wildman–Crippen MR) is 137 cm³/mol. The summed E-state index contributed by atoms with van der Waals surface area (Å²) in [5.74, 6) is 0.0748. The van der Waals surface area contributed by atoms with E-state index in [1.165, 1.54) is 11.3 Å². The van der Waals surface area contributed by atoms with Crippen molar-refractivity contribution < 1.29 is 14.5 Å². The van der Waals surface area contributed by atoms with Crippen LogP contribution in [0.5, 0.6) is 0 Å². The number of fused-ring (bicyclic) bond motifs is 2. The van der Waals surface area contributed by atoms with E-state index in [1.807, 2.05) is 6.07 Å². The van der Waals surface area contributed by atoms with E-state index in [2.05, 4.69) is 51.2 Å². The van der Waals surface area contributed by atoms with Crippen LogP contribution in [0.1, 0.15) is 48.8 Å². The highest BCUT2D eigenvalue weighted by atomic mass is 19.1. The molecule has 4 heterocycles. The summed E-state index contributed by atoms with van der Waals surface area (Å²) >= 11 is 0. The molecule has 0 aromatic heterocycles. The van der Waals surface area contributed by atoms with Crippen molar-refractivity contribution in [3.05, 3.63) is 64.6 Å². The topological polar surface area (TPSA) is 43.4 Å². The average Bonchev–Trinajstić information content (AvgIpc) is 3.60. The van der Waals surface area contributed by atoms with E-state index in [1.54, 1.807) is 12.1 Å². The van der Waals surface area contributed by atoms with Crippen molar-refractivity contribution in [1.29, 1.82) is 0 Å². The standard InChI is InChI=1S/C29H35FN4O/c1-20-4-5-21-19-27(31-26(21)17-20)29(35)34-12-2-3-24(34)9-13-32-14-10-25(11-15-32)33-16-8-22-18-23(30)6-7-28(22)33/h4-7,17-19,24-25,31H,2-3,8-16H2,1H3/p+1. The third-order valence-corrected chi connectivity index (χ3v) is 8.50. The molecule has 2 saturated heterocycles. The second-order valence-corrected chi connectivity index (χ2v) is 10.7. The molecule has 0 saturated carbocycles. The zero-order valence-corrected chi connectivity index (χ0v) is 20.7. The lowest BCUT2D eigenvalue weighted by atomic mass is 10.0. The second-order valence-electron chi connectivity index (χ2n) is 10.7. The minimum absolute atomic E-state index is 0.124. The number of nitrogens with two attached hydrogens (primary N) is 1. The first-order valence-electron chi connectivity index (χ1n) is 13.3. The Labute approximate surface area is 207 Å². The highest BCUT2D eigenvalue weighted by Crippen LogP contribution is 2.33. The molecular formula is C29H36FN4O+.